The fraction of sp³-hybridized carbons (Fsp3) is 0.667. The summed E-state index contributed by atoms with van der Waals surface area (Å²) in [5.41, 5.74) is 4.52. The van der Waals surface area contributed by atoms with Gasteiger partial charge in [-0.1, -0.05) is 13.0 Å². The van der Waals surface area contributed by atoms with Gasteiger partial charge in [0.05, 0.1) is 17.3 Å². The molecule has 4 aliphatic carbocycles. The first-order valence-corrected chi connectivity index (χ1v) is 9.75. The second kappa shape index (κ2) is 4.80. The normalized spacial score (nSPS) is 44.1. The molecule has 0 spiro atoms. The zero-order valence-electron chi connectivity index (χ0n) is 14.8. The Hall–Kier alpha value is -1.06. The average Bonchev–Trinajstić information content (AvgIpc) is 3.22. The van der Waals surface area contributed by atoms with Crippen LogP contribution in [0.4, 0.5) is 0 Å². The third-order valence-corrected chi connectivity index (χ3v) is 9.12. The zero-order valence-corrected chi connectivity index (χ0v) is 15.7. The number of aliphatic hydroxyl groups is 1. The number of rotatable bonds is 0. The molecule has 2 bridgehead atoms. The number of aryl methyl sites for hydroxylation is 1. The monoisotopic (exact) mass is 358 g/mol. The Bertz CT molecular complexity index is 851. The molecule has 134 valence electrons. The molecule has 1 heterocycles. The molecule has 3 saturated carbocycles. The second-order valence-corrected chi connectivity index (χ2v) is 9.27. The van der Waals surface area contributed by atoms with Gasteiger partial charge in [-0.3, -0.25) is 5.10 Å². The molecule has 2 N–H and O–H groups in total. The van der Waals surface area contributed by atoms with Gasteiger partial charge in [0, 0.05) is 10.8 Å². The van der Waals surface area contributed by atoms with Crippen LogP contribution >= 0.6 is 12.4 Å². The highest BCUT2D eigenvalue weighted by molar-refractivity contribution is 5.85. The molecule has 3 fully saturated rings. The Morgan fingerprint density at radius 2 is 1.92 bits per heavy atom. The maximum Gasteiger partial charge on any atom is 0.0706 e. The van der Waals surface area contributed by atoms with Crippen LogP contribution in [0.3, 0.4) is 0 Å². The smallest absolute Gasteiger partial charge is 0.0706 e. The molecule has 2 aromatic rings. The largest absolute Gasteiger partial charge is 0.389 e. The van der Waals surface area contributed by atoms with E-state index in [0.717, 1.165) is 18.8 Å². The van der Waals surface area contributed by atoms with Crippen LogP contribution in [0.2, 0.25) is 0 Å². The van der Waals surface area contributed by atoms with E-state index < -0.39 is 0 Å². The van der Waals surface area contributed by atoms with Crippen LogP contribution in [0, 0.1) is 16.7 Å². The molecule has 0 aliphatic heterocycles. The first-order chi connectivity index (χ1) is 11.6. The van der Waals surface area contributed by atoms with E-state index >= 15 is 0 Å². The van der Waals surface area contributed by atoms with Gasteiger partial charge >= 0.3 is 0 Å². The molecule has 0 unspecified atom stereocenters. The lowest BCUT2D eigenvalue weighted by Crippen LogP contribution is -2.51. The van der Waals surface area contributed by atoms with E-state index in [1.165, 1.54) is 49.4 Å². The highest BCUT2D eigenvalue weighted by atomic mass is 35.5. The van der Waals surface area contributed by atoms with E-state index in [4.69, 9.17) is 0 Å². The standard InChI is InChI=1S/C21H26N2O.ClH/c1-19-7-6-15-13-3-5-18-16(12-22-23-18)14(13)2-4-17(15)20(19)8-10-21(19,24)11-9-20;/h3,5,12,15,17,24H,2,4,6-11H2,1H3,(H,22,23);1H/t15-,17-,19+,20?,21?;/m1./s1. The van der Waals surface area contributed by atoms with Crippen molar-refractivity contribution in [1.29, 1.82) is 0 Å². The Morgan fingerprint density at radius 3 is 2.72 bits per heavy atom. The fourth-order valence-electron chi connectivity index (χ4n) is 7.84. The van der Waals surface area contributed by atoms with Gasteiger partial charge in [-0.05, 0) is 85.8 Å². The lowest BCUT2D eigenvalue weighted by Gasteiger charge is -2.56. The summed E-state index contributed by atoms with van der Waals surface area (Å²) in [5.74, 6) is 1.46. The van der Waals surface area contributed by atoms with E-state index in [1.807, 2.05) is 6.20 Å². The molecular formula is C21H27ClN2O. The number of aromatic amines is 1. The minimum atomic E-state index is -0.368. The van der Waals surface area contributed by atoms with E-state index in [0.29, 0.717) is 11.3 Å². The molecule has 4 heteroatoms. The van der Waals surface area contributed by atoms with Crippen LogP contribution in [0.25, 0.3) is 10.9 Å². The Kier molecular flexibility index (Phi) is 3.10. The maximum atomic E-state index is 11.3. The Morgan fingerprint density at radius 1 is 1.12 bits per heavy atom. The van der Waals surface area contributed by atoms with Crippen LogP contribution in [-0.4, -0.2) is 20.9 Å². The minimum absolute atomic E-state index is 0. The number of fused-ring (bicyclic) bond motifs is 5. The van der Waals surface area contributed by atoms with Gasteiger partial charge in [0.1, 0.15) is 0 Å². The lowest BCUT2D eigenvalue weighted by atomic mass is 9.48. The van der Waals surface area contributed by atoms with Crippen LogP contribution in [0.5, 0.6) is 0 Å². The summed E-state index contributed by atoms with van der Waals surface area (Å²) in [7, 11) is 0. The van der Waals surface area contributed by atoms with Gasteiger partial charge in [-0.25, -0.2) is 0 Å². The lowest BCUT2D eigenvalue weighted by molar-refractivity contribution is -0.101. The van der Waals surface area contributed by atoms with Gasteiger partial charge in [0.2, 0.25) is 0 Å². The molecule has 25 heavy (non-hydrogen) atoms. The third-order valence-electron chi connectivity index (χ3n) is 9.12. The summed E-state index contributed by atoms with van der Waals surface area (Å²) in [6.07, 6.45) is 11.5. The molecular weight excluding hydrogens is 332 g/mol. The molecule has 3 nitrogen and oxygen atoms in total. The van der Waals surface area contributed by atoms with Gasteiger partial charge in [-0.2, -0.15) is 5.10 Å². The van der Waals surface area contributed by atoms with Crippen LogP contribution in [0.15, 0.2) is 18.3 Å². The molecule has 6 rings (SSSR count). The summed E-state index contributed by atoms with van der Waals surface area (Å²) in [5, 5.41) is 20.0. The predicted molar refractivity (Wildman–Crippen MR) is 101 cm³/mol. The van der Waals surface area contributed by atoms with Gasteiger partial charge in [0.15, 0.2) is 0 Å². The molecule has 1 aromatic carbocycles. The molecule has 4 aliphatic rings. The van der Waals surface area contributed by atoms with Crippen molar-refractivity contribution in [2.45, 2.75) is 69.8 Å². The number of hydrogen-bond donors (Lipinski definition) is 2. The van der Waals surface area contributed by atoms with E-state index in [-0.39, 0.29) is 23.4 Å². The summed E-state index contributed by atoms with van der Waals surface area (Å²) in [6, 6.07) is 4.61. The minimum Gasteiger partial charge on any atom is -0.389 e. The van der Waals surface area contributed by atoms with Crippen molar-refractivity contribution in [2.75, 3.05) is 0 Å². The van der Waals surface area contributed by atoms with Gasteiger partial charge < -0.3 is 5.11 Å². The van der Waals surface area contributed by atoms with Crippen molar-refractivity contribution in [3.05, 3.63) is 29.5 Å². The molecule has 3 atom stereocenters. The first-order valence-electron chi connectivity index (χ1n) is 9.75. The molecule has 0 saturated heterocycles. The van der Waals surface area contributed by atoms with Crippen molar-refractivity contribution < 1.29 is 5.11 Å². The molecule has 0 radical (unpaired) electrons. The van der Waals surface area contributed by atoms with E-state index in [2.05, 4.69) is 29.3 Å². The fourth-order valence-corrected chi connectivity index (χ4v) is 7.84. The van der Waals surface area contributed by atoms with Crippen molar-refractivity contribution in [3.8, 4) is 0 Å². The second-order valence-electron chi connectivity index (χ2n) is 9.27. The number of hydrogen-bond acceptors (Lipinski definition) is 2. The third kappa shape index (κ3) is 1.61. The predicted octanol–water partition coefficient (Wildman–Crippen LogP) is 4.74. The van der Waals surface area contributed by atoms with Crippen LogP contribution < -0.4 is 0 Å². The first kappa shape index (κ1) is 16.1. The average molecular weight is 359 g/mol. The van der Waals surface area contributed by atoms with Gasteiger partial charge in [0.25, 0.3) is 0 Å². The van der Waals surface area contributed by atoms with Crippen LogP contribution in [0.1, 0.15) is 68.9 Å². The Balaban J connectivity index is 0.00000140. The highest BCUT2D eigenvalue weighted by Gasteiger charge is 2.73. The molecule has 1 aromatic heterocycles. The number of aromatic nitrogens is 2. The zero-order chi connectivity index (χ0) is 16.2. The van der Waals surface area contributed by atoms with Crippen LogP contribution in [-0.2, 0) is 6.42 Å². The number of nitrogens with zero attached hydrogens (tertiary/aromatic N) is 1. The number of benzene rings is 1. The van der Waals surface area contributed by atoms with Gasteiger partial charge in [-0.15, -0.1) is 12.4 Å². The van der Waals surface area contributed by atoms with E-state index in [1.54, 1.807) is 11.1 Å². The summed E-state index contributed by atoms with van der Waals surface area (Å²) >= 11 is 0. The van der Waals surface area contributed by atoms with E-state index in [9.17, 15) is 5.11 Å². The van der Waals surface area contributed by atoms with Crippen molar-refractivity contribution in [1.82, 2.24) is 10.2 Å². The highest BCUT2D eigenvalue weighted by Crippen LogP contribution is 2.77. The number of halogens is 1. The SMILES string of the molecule is C[C@]12CC[C@@H]3c4ccc5[nH]ncc5c4CC[C@H]3C13CCC2(O)CC3.Cl. The maximum absolute atomic E-state index is 11.3. The topological polar surface area (TPSA) is 48.9 Å². The summed E-state index contributed by atoms with van der Waals surface area (Å²) in [6.45, 7) is 2.43. The van der Waals surface area contributed by atoms with Crippen molar-refractivity contribution in [3.63, 3.8) is 0 Å². The molecule has 0 amide bonds. The summed E-state index contributed by atoms with van der Waals surface area (Å²) in [4.78, 5) is 0. The quantitative estimate of drug-likeness (QED) is 0.714. The van der Waals surface area contributed by atoms with Crippen molar-refractivity contribution >= 4 is 23.3 Å². The summed E-state index contributed by atoms with van der Waals surface area (Å²) < 4.78 is 0. The number of H-pyrrole nitrogens is 1. The number of nitrogens with one attached hydrogen (secondary N) is 1. The van der Waals surface area contributed by atoms with Crippen molar-refractivity contribution in [2.24, 2.45) is 16.7 Å². The Labute approximate surface area is 155 Å².